The number of allylic oxidation sites excluding steroid dienone is 7. The van der Waals surface area contributed by atoms with Crippen molar-refractivity contribution in [1.82, 2.24) is 5.32 Å². The Hall–Kier alpha value is -3.78. The van der Waals surface area contributed by atoms with E-state index in [0.29, 0.717) is 12.5 Å². The van der Waals surface area contributed by atoms with Gasteiger partial charge in [-0.1, -0.05) is 153 Å². The summed E-state index contributed by atoms with van der Waals surface area (Å²) in [6.45, 7) is 34.6. The van der Waals surface area contributed by atoms with Gasteiger partial charge in [0.25, 0.3) is 0 Å². The van der Waals surface area contributed by atoms with Crippen LogP contribution in [0.1, 0.15) is 103 Å². The van der Waals surface area contributed by atoms with Gasteiger partial charge >= 0.3 is 0 Å². The Bertz CT molecular complexity index is 1270. The van der Waals surface area contributed by atoms with Gasteiger partial charge in [-0.2, -0.15) is 0 Å². The maximum atomic E-state index is 4.23. The number of hydrogen-bond acceptors (Lipinski definition) is 2. The van der Waals surface area contributed by atoms with E-state index in [2.05, 4.69) is 159 Å². The van der Waals surface area contributed by atoms with Gasteiger partial charge in [0.15, 0.2) is 0 Å². The topological polar surface area (TPSA) is 24.1 Å². The van der Waals surface area contributed by atoms with Gasteiger partial charge in [0.2, 0.25) is 0 Å². The molecule has 3 rings (SSSR count). The largest absolute Gasteiger partial charge is 0.381 e. The van der Waals surface area contributed by atoms with Gasteiger partial charge in [-0.3, -0.25) is 0 Å². The summed E-state index contributed by atoms with van der Waals surface area (Å²) in [5.41, 5.74) is 11.2. The van der Waals surface area contributed by atoms with Gasteiger partial charge in [0.1, 0.15) is 0 Å². The molecule has 45 heavy (non-hydrogen) atoms. The van der Waals surface area contributed by atoms with Crippen molar-refractivity contribution in [3.63, 3.8) is 0 Å². The van der Waals surface area contributed by atoms with Crippen LogP contribution in [0, 0.1) is 26.7 Å². The minimum Gasteiger partial charge on any atom is -0.381 e. The lowest BCUT2D eigenvalue weighted by Gasteiger charge is -2.18. The van der Waals surface area contributed by atoms with Crippen molar-refractivity contribution in [2.24, 2.45) is 5.92 Å². The molecule has 0 aromatic heterocycles. The number of unbranched alkanes of at least 4 members (excludes halogenated alkanes) is 2. The summed E-state index contributed by atoms with van der Waals surface area (Å²) in [4.78, 5) is 0. The molecule has 246 valence electrons. The summed E-state index contributed by atoms with van der Waals surface area (Å²) in [5.74, 6) is 0.610. The molecule has 2 aromatic rings. The average molecular weight is 609 g/mol. The van der Waals surface area contributed by atoms with E-state index in [1.165, 1.54) is 42.4 Å². The number of hydrogen-bond donors (Lipinski definition) is 2. The molecule has 0 heterocycles. The number of anilines is 1. The molecule has 0 saturated carbocycles. The first-order valence-corrected chi connectivity index (χ1v) is 16.8. The zero-order chi connectivity index (χ0) is 34.2. The molecule has 2 heteroatoms. The second-order valence-corrected chi connectivity index (χ2v) is 11.8. The van der Waals surface area contributed by atoms with Crippen molar-refractivity contribution < 1.29 is 0 Å². The first-order valence-electron chi connectivity index (χ1n) is 16.8. The normalized spacial score (nSPS) is 13.6. The monoisotopic (exact) mass is 609 g/mol. The van der Waals surface area contributed by atoms with E-state index in [-0.39, 0.29) is 0 Å². The van der Waals surface area contributed by atoms with E-state index in [9.17, 15) is 0 Å². The van der Waals surface area contributed by atoms with Crippen LogP contribution in [0.4, 0.5) is 5.69 Å². The summed E-state index contributed by atoms with van der Waals surface area (Å²) < 4.78 is 0. The molecule has 0 aliphatic heterocycles. The molecule has 0 amide bonds. The highest BCUT2D eigenvalue weighted by Gasteiger charge is 2.09. The Balaban J connectivity index is 0.000000985. The fraction of sp³-hybridized carbons (Fsp3) is 0.395. The summed E-state index contributed by atoms with van der Waals surface area (Å²) in [5, 5.41) is 6.85. The molecule has 1 aliphatic rings. The highest BCUT2D eigenvalue weighted by atomic mass is 14.9. The lowest BCUT2D eigenvalue weighted by Crippen LogP contribution is -2.16. The lowest BCUT2D eigenvalue weighted by molar-refractivity contribution is 0.731. The number of nitrogens with one attached hydrogen (secondary N) is 2. The third-order valence-corrected chi connectivity index (χ3v) is 7.55. The molecular weight excluding hydrogens is 544 g/mol. The van der Waals surface area contributed by atoms with E-state index in [0.717, 1.165) is 45.8 Å². The van der Waals surface area contributed by atoms with Crippen LogP contribution in [0.25, 0.3) is 5.70 Å². The SMILES string of the molecule is C=C(CNC(=C)c1ccc(C)c(NC(=C)/C(C)=C/C=C\C)c1)C1=CCC(C)C=C1.CCCC.CCCC.Cc1ccccc1C. The fourth-order valence-electron chi connectivity index (χ4n) is 3.62. The fourth-order valence-corrected chi connectivity index (χ4v) is 3.62. The molecule has 2 N–H and O–H groups in total. The highest BCUT2D eigenvalue weighted by molar-refractivity contribution is 5.69. The second-order valence-electron chi connectivity index (χ2n) is 11.8. The molecule has 1 aliphatic carbocycles. The van der Waals surface area contributed by atoms with Crippen LogP contribution in [-0.4, -0.2) is 6.54 Å². The Kier molecular flexibility index (Phi) is 22.5. The van der Waals surface area contributed by atoms with Crippen LogP contribution in [-0.2, 0) is 0 Å². The van der Waals surface area contributed by atoms with Gasteiger partial charge < -0.3 is 10.6 Å². The minimum absolute atomic E-state index is 0.610. The molecule has 0 radical (unpaired) electrons. The average Bonchev–Trinajstić information content (AvgIpc) is 3.05. The predicted molar refractivity (Wildman–Crippen MR) is 207 cm³/mol. The van der Waals surface area contributed by atoms with Gasteiger partial charge in [0.05, 0.1) is 0 Å². The number of aryl methyl sites for hydroxylation is 3. The quantitative estimate of drug-likeness (QED) is 0.248. The van der Waals surface area contributed by atoms with Crippen LogP contribution in [0.3, 0.4) is 0 Å². The Morgan fingerprint density at radius 3 is 1.91 bits per heavy atom. The Morgan fingerprint density at radius 1 is 0.867 bits per heavy atom. The van der Waals surface area contributed by atoms with Crippen LogP contribution in [0.15, 0.2) is 121 Å². The van der Waals surface area contributed by atoms with Gasteiger partial charge in [-0.05, 0) is 92.0 Å². The molecule has 1 unspecified atom stereocenters. The Labute approximate surface area is 278 Å². The van der Waals surface area contributed by atoms with Crippen molar-refractivity contribution in [1.29, 1.82) is 0 Å². The van der Waals surface area contributed by atoms with Crippen LogP contribution in [0.2, 0.25) is 0 Å². The van der Waals surface area contributed by atoms with Gasteiger partial charge in [-0.15, -0.1) is 0 Å². The molecule has 0 fully saturated rings. The third-order valence-electron chi connectivity index (χ3n) is 7.55. The first-order chi connectivity index (χ1) is 21.4. The smallest absolute Gasteiger partial charge is 0.0420 e. The Morgan fingerprint density at radius 2 is 1.44 bits per heavy atom. The number of rotatable bonds is 11. The molecule has 1 atom stereocenters. The van der Waals surface area contributed by atoms with Crippen molar-refractivity contribution in [2.45, 2.75) is 101 Å². The lowest BCUT2D eigenvalue weighted by atomic mass is 9.95. The molecular formula is C43H64N2. The van der Waals surface area contributed by atoms with E-state index in [1.807, 2.05) is 19.1 Å². The van der Waals surface area contributed by atoms with Crippen molar-refractivity contribution >= 4 is 11.4 Å². The predicted octanol–water partition coefficient (Wildman–Crippen LogP) is 13.0. The maximum absolute atomic E-state index is 4.23. The first kappa shape index (κ1) is 41.2. The molecule has 0 saturated heterocycles. The van der Waals surface area contributed by atoms with E-state index >= 15 is 0 Å². The van der Waals surface area contributed by atoms with Gasteiger partial charge in [-0.25, -0.2) is 0 Å². The van der Waals surface area contributed by atoms with Crippen molar-refractivity contribution in [2.75, 3.05) is 11.9 Å². The summed E-state index contributed by atoms with van der Waals surface area (Å²) >= 11 is 0. The van der Waals surface area contributed by atoms with E-state index < -0.39 is 0 Å². The third kappa shape index (κ3) is 17.9. The summed E-state index contributed by atoms with van der Waals surface area (Å²) in [6, 6.07) is 14.7. The minimum atomic E-state index is 0.610. The molecule has 0 spiro atoms. The van der Waals surface area contributed by atoms with Crippen molar-refractivity contribution in [3.8, 4) is 0 Å². The number of benzene rings is 2. The molecule has 2 aromatic carbocycles. The summed E-state index contributed by atoms with van der Waals surface area (Å²) in [6.07, 6.45) is 19.1. The summed E-state index contributed by atoms with van der Waals surface area (Å²) in [7, 11) is 0. The zero-order valence-electron chi connectivity index (χ0n) is 30.4. The molecule has 0 bridgehead atoms. The maximum Gasteiger partial charge on any atom is 0.0420 e. The van der Waals surface area contributed by atoms with E-state index in [1.54, 1.807) is 0 Å². The highest BCUT2D eigenvalue weighted by Crippen LogP contribution is 2.24. The molecule has 2 nitrogen and oxygen atoms in total. The van der Waals surface area contributed by atoms with Crippen molar-refractivity contribution in [3.05, 3.63) is 143 Å². The van der Waals surface area contributed by atoms with Crippen LogP contribution in [0.5, 0.6) is 0 Å². The van der Waals surface area contributed by atoms with Gasteiger partial charge in [0, 0.05) is 23.6 Å². The van der Waals surface area contributed by atoms with Crippen LogP contribution >= 0.6 is 0 Å². The zero-order valence-corrected chi connectivity index (χ0v) is 30.4. The van der Waals surface area contributed by atoms with E-state index in [4.69, 9.17) is 0 Å². The second kappa shape index (κ2) is 24.5. The van der Waals surface area contributed by atoms with Crippen LogP contribution < -0.4 is 10.6 Å². The standard InChI is InChI=1S/C27H34N2.C8H10.2C4H10/c1-8-9-10-20(3)23(6)29-27-17-26(16-13-21(27)4)24(7)28-18-22(5)25-14-11-19(2)12-15-25;1-7-5-3-4-6-8(7)2;2*1-3-4-2/h8-11,13-17,19,28-29H,5-7,12,18H2,1-4H3;3-6H,1-2H3;2*3-4H2,1-2H3/b9-8-,20-10+;;;.